The molecular weight excluding hydrogens is 190 g/mol. The van der Waals surface area contributed by atoms with Crippen molar-refractivity contribution in [2.24, 2.45) is 5.73 Å². The lowest BCUT2D eigenvalue weighted by molar-refractivity contribution is 0.259. The number of anilines is 1. The second-order valence-corrected chi connectivity index (χ2v) is 3.80. The first kappa shape index (κ1) is 9.98. The maximum absolute atomic E-state index is 10.7. The summed E-state index contributed by atoms with van der Waals surface area (Å²) in [5.74, 6) is 0.555. The van der Waals surface area contributed by atoms with E-state index in [9.17, 15) is 4.79 Å². The van der Waals surface area contributed by atoms with Crippen LogP contribution in [-0.4, -0.2) is 19.1 Å². The molecule has 0 bridgehead atoms. The van der Waals surface area contributed by atoms with E-state index in [1.807, 2.05) is 18.2 Å². The highest BCUT2D eigenvalue weighted by Gasteiger charge is 2.16. The van der Waals surface area contributed by atoms with E-state index in [2.05, 4.69) is 16.7 Å². The predicted octanol–water partition coefficient (Wildman–Crippen LogP) is 1.25. The van der Waals surface area contributed by atoms with Crippen molar-refractivity contribution in [1.29, 1.82) is 0 Å². The van der Waals surface area contributed by atoms with Gasteiger partial charge in [0, 0.05) is 12.2 Å². The number of hydrogen-bond donors (Lipinski definition) is 3. The molecule has 0 radical (unpaired) electrons. The fraction of sp³-hybridized carbons (Fsp3) is 0.364. The zero-order valence-corrected chi connectivity index (χ0v) is 8.49. The van der Waals surface area contributed by atoms with Crippen LogP contribution in [0.25, 0.3) is 0 Å². The summed E-state index contributed by atoms with van der Waals surface area (Å²) in [4.78, 5) is 10.7. The topological polar surface area (TPSA) is 67.2 Å². The molecule has 1 aromatic rings. The molecular formula is C11H15N3O. The van der Waals surface area contributed by atoms with E-state index in [4.69, 9.17) is 5.73 Å². The lowest BCUT2D eigenvalue weighted by Gasteiger charge is -2.10. The molecule has 0 aromatic heterocycles. The first-order valence-electron chi connectivity index (χ1n) is 5.13. The van der Waals surface area contributed by atoms with Gasteiger partial charge in [0.2, 0.25) is 0 Å². The van der Waals surface area contributed by atoms with E-state index >= 15 is 0 Å². The lowest BCUT2D eigenvalue weighted by Crippen LogP contribution is -2.19. The van der Waals surface area contributed by atoms with Crippen LogP contribution in [0, 0.1) is 0 Å². The first-order valence-corrected chi connectivity index (χ1v) is 5.13. The minimum atomic E-state index is -0.517. The number of rotatable bonds is 2. The molecule has 15 heavy (non-hydrogen) atoms. The Morgan fingerprint density at radius 1 is 1.53 bits per heavy atom. The van der Waals surface area contributed by atoms with Gasteiger partial charge in [-0.25, -0.2) is 4.79 Å². The van der Waals surface area contributed by atoms with E-state index in [1.165, 1.54) is 5.56 Å². The largest absolute Gasteiger partial charge is 0.351 e. The normalized spacial score (nSPS) is 20.1. The van der Waals surface area contributed by atoms with Crippen LogP contribution in [-0.2, 0) is 0 Å². The fourth-order valence-electron chi connectivity index (χ4n) is 1.95. The standard InChI is InChI=1S/C11H15N3O/c12-11(15)14-10-3-1-2-8(6-10)9-4-5-13-7-9/h1-3,6,9,13H,4-5,7H2,(H3,12,14,15). The third-order valence-corrected chi connectivity index (χ3v) is 2.69. The van der Waals surface area contributed by atoms with Crippen LogP contribution in [0.1, 0.15) is 17.9 Å². The number of carbonyl (C=O) groups is 1. The fourth-order valence-corrected chi connectivity index (χ4v) is 1.95. The summed E-state index contributed by atoms with van der Waals surface area (Å²) < 4.78 is 0. The van der Waals surface area contributed by atoms with Gasteiger partial charge in [-0.1, -0.05) is 12.1 Å². The zero-order valence-electron chi connectivity index (χ0n) is 8.49. The molecule has 2 rings (SSSR count). The van der Waals surface area contributed by atoms with Gasteiger partial charge < -0.3 is 16.4 Å². The molecule has 1 heterocycles. The maximum Gasteiger partial charge on any atom is 0.316 e. The van der Waals surface area contributed by atoms with Crippen LogP contribution in [0.5, 0.6) is 0 Å². The number of nitrogens with two attached hydrogens (primary N) is 1. The average Bonchev–Trinajstić information content (AvgIpc) is 2.69. The van der Waals surface area contributed by atoms with E-state index in [1.54, 1.807) is 0 Å². The summed E-state index contributed by atoms with van der Waals surface area (Å²) in [7, 11) is 0. The highest BCUT2D eigenvalue weighted by molar-refractivity contribution is 5.87. The molecule has 4 N–H and O–H groups in total. The molecule has 1 aliphatic rings. The highest BCUT2D eigenvalue weighted by atomic mass is 16.2. The number of urea groups is 1. The minimum absolute atomic E-state index is 0.517. The monoisotopic (exact) mass is 205 g/mol. The second-order valence-electron chi connectivity index (χ2n) is 3.80. The van der Waals surface area contributed by atoms with E-state index in [0.29, 0.717) is 5.92 Å². The van der Waals surface area contributed by atoms with Crippen LogP contribution >= 0.6 is 0 Å². The van der Waals surface area contributed by atoms with Crippen LogP contribution < -0.4 is 16.4 Å². The molecule has 2 amide bonds. The number of hydrogen-bond acceptors (Lipinski definition) is 2. The number of benzene rings is 1. The third-order valence-electron chi connectivity index (χ3n) is 2.69. The Hall–Kier alpha value is -1.55. The highest BCUT2D eigenvalue weighted by Crippen LogP contribution is 2.24. The molecule has 4 nitrogen and oxygen atoms in total. The third kappa shape index (κ3) is 2.47. The maximum atomic E-state index is 10.7. The smallest absolute Gasteiger partial charge is 0.316 e. The predicted molar refractivity (Wildman–Crippen MR) is 59.9 cm³/mol. The molecule has 1 aliphatic heterocycles. The Balaban J connectivity index is 2.14. The SMILES string of the molecule is NC(=O)Nc1cccc(C2CCNC2)c1. The molecule has 1 atom stereocenters. The van der Waals surface area contributed by atoms with Crippen molar-refractivity contribution in [3.05, 3.63) is 29.8 Å². The van der Waals surface area contributed by atoms with Gasteiger partial charge in [0.1, 0.15) is 0 Å². The Morgan fingerprint density at radius 3 is 3.07 bits per heavy atom. The molecule has 0 spiro atoms. The lowest BCUT2D eigenvalue weighted by atomic mass is 9.98. The summed E-state index contributed by atoms with van der Waals surface area (Å²) in [5, 5.41) is 5.91. The van der Waals surface area contributed by atoms with Crippen LogP contribution in [0.4, 0.5) is 10.5 Å². The van der Waals surface area contributed by atoms with Gasteiger partial charge in [0.25, 0.3) is 0 Å². The number of primary amides is 1. The molecule has 80 valence electrons. The second kappa shape index (κ2) is 4.31. The Morgan fingerprint density at radius 2 is 2.40 bits per heavy atom. The Bertz CT molecular complexity index is 359. The van der Waals surface area contributed by atoms with Gasteiger partial charge in [-0.05, 0) is 36.6 Å². The minimum Gasteiger partial charge on any atom is -0.351 e. The number of nitrogens with one attached hydrogen (secondary N) is 2. The van der Waals surface area contributed by atoms with Crippen molar-refractivity contribution in [2.75, 3.05) is 18.4 Å². The average molecular weight is 205 g/mol. The van der Waals surface area contributed by atoms with Crippen molar-refractivity contribution in [1.82, 2.24) is 5.32 Å². The Kier molecular flexibility index (Phi) is 2.87. The van der Waals surface area contributed by atoms with E-state index < -0.39 is 6.03 Å². The summed E-state index contributed by atoms with van der Waals surface area (Å²) in [5.41, 5.74) is 7.09. The van der Waals surface area contributed by atoms with Gasteiger partial charge in [0.15, 0.2) is 0 Å². The van der Waals surface area contributed by atoms with Gasteiger partial charge in [-0.15, -0.1) is 0 Å². The summed E-state index contributed by atoms with van der Waals surface area (Å²) in [6.45, 7) is 2.08. The molecule has 1 unspecified atom stereocenters. The summed E-state index contributed by atoms with van der Waals surface area (Å²) in [6, 6.07) is 7.35. The van der Waals surface area contributed by atoms with Crippen molar-refractivity contribution >= 4 is 11.7 Å². The quantitative estimate of drug-likeness (QED) is 0.680. The van der Waals surface area contributed by atoms with Crippen LogP contribution in [0.2, 0.25) is 0 Å². The molecule has 1 saturated heterocycles. The first-order chi connectivity index (χ1) is 7.25. The molecule has 1 aromatic carbocycles. The van der Waals surface area contributed by atoms with Gasteiger partial charge >= 0.3 is 6.03 Å². The van der Waals surface area contributed by atoms with Crippen molar-refractivity contribution in [3.63, 3.8) is 0 Å². The van der Waals surface area contributed by atoms with Crippen molar-refractivity contribution in [2.45, 2.75) is 12.3 Å². The van der Waals surface area contributed by atoms with E-state index in [0.717, 1.165) is 25.2 Å². The van der Waals surface area contributed by atoms with Gasteiger partial charge in [-0.3, -0.25) is 0 Å². The number of amides is 2. The van der Waals surface area contributed by atoms with Gasteiger partial charge in [0.05, 0.1) is 0 Å². The van der Waals surface area contributed by atoms with Crippen molar-refractivity contribution < 1.29 is 4.79 Å². The molecule has 0 saturated carbocycles. The van der Waals surface area contributed by atoms with Crippen molar-refractivity contribution in [3.8, 4) is 0 Å². The van der Waals surface area contributed by atoms with Crippen LogP contribution in [0.3, 0.4) is 0 Å². The Labute approximate surface area is 88.9 Å². The zero-order chi connectivity index (χ0) is 10.7. The van der Waals surface area contributed by atoms with Crippen LogP contribution in [0.15, 0.2) is 24.3 Å². The summed E-state index contributed by atoms with van der Waals surface area (Å²) >= 11 is 0. The van der Waals surface area contributed by atoms with E-state index in [-0.39, 0.29) is 0 Å². The molecule has 4 heteroatoms. The molecule has 0 aliphatic carbocycles. The van der Waals surface area contributed by atoms with Gasteiger partial charge in [-0.2, -0.15) is 0 Å². The number of carbonyl (C=O) groups excluding carboxylic acids is 1. The molecule has 1 fully saturated rings. The summed E-state index contributed by atoms with van der Waals surface area (Å²) in [6.07, 6.45) is 1.15.